The van der Waals surface area contributed by atoms with E-state index >= 15 is 0 Å². The van der Waals surface area contributed by atoms with Crippen LogP contribution in [-0.4, -0.2) is 137 Å². The highest BCUT2D eigenvalue weighted by Crippen LogP contribution is 2.32. The number of carboxylic acids is 1. The average molecular weight is 1740 g/mol. The minimum Gasteiger partial charge on any atom is -0.481 e. The lowest BCUT2D eigenvalue weighted by Gasteiger charge is -2.17. The average Bonchev–Trinajstić information content (AvgIpc) is 1.73. The summed E-state index contributed by atoms with van der Waals surface area (Å²) in [5.41, 5.74) is 13.7. The van der Waals surface area contributed by atoms with Crippen LogP contribution >= 0.6 is 12.6 Å². The summed E-state index contributed by atoms with van der Waals surface area (Å²) >= 11 is 4.05. The van der Waals surface area contributed by atoms with Crippen molar-refractivity contribution < 1.29 is 46.5 Å². The fourth-order valence-electron chi connectivity index (χ4n) is 10.4. The second-order valence-electron chi connectivity index (χ2n) is 27.6. The molecule has 0 aromatic carbocycles. The minimum atomic E-state index is -4.41. The molecule has 34 heteroatoms. The lowest BCUT2D eigenvalue weighted by molar-refractivity contribution is -0.143. The van der Waals surface area contributed by atoms with Crippen LogP contribution < -0.4 is 0 Å². The Bertz CT molecular complexity index is 5770. The molecule has 0 unspecified atom stereocenters. The van der Waals surface area contributed by atoms with Gasteiger partial charge in [-0.25, -0.2) is 4.98 Å². The molecule has 18 heterocycles. The maximum atomic E-state index is 12.3. The van der Waals surface area contributed by atoms with Crippen molar-refractivity contribution in [3.8, 4) is 79.8 Å². The third kappa shape index (κ3) is 33.7. The van der Waals surface area contributed by atoms with Gasteiger partial charge in [0.05, 0.1) is 74.9 Å². The summed E-state index contributed by atoms with van der Waals surface area (Å²) < 4.78 is 73.6. The molecule has 18 aromatic heterocycles. The molecule has 0 aliphatic heterocycles. The molecule has 0 bridgehead atoms. The Morgan fingerprint density at radius 1 is 0.378 bits per heavy atom. The van der Waals surface area contributed by atoms with Gasteiger partial charge in [-0.15, -0.1) is 0 Å². The van der Waals surface area contributed by atoms with Crippen molar-refractivity contribution in [2.24, 2.45) is 0 Å². The summed E-state index contributed by atoms with van der Waals surface area (Å²) in [5, 5.41) is 51.4. The summed E-state index contributed by atoms with van der Waals surface area (Å²) in [4.78, 5) is 69.0. The van der Waals surface area contributed by atoms with Gasteiger partial charge in [0.1, 0.15) is 45.2 Å². The van der Waals surface area contributed by atoms with E-state index in [1.165, 1.54) is 17.5 Å². The smallest absolute Gasteiger partial charge is 0.432 e. The van der Waals surface area contributed by atoms with Crippen LogP contribution in [0.5, 0.6) is 0 Å². The van der Waals surface area contributed by atoms with Crippen molar-refractivity contribution in [3.63, 3.8) is 0 Å². The van der Waals surface area contributed by atoms with Crippen LogP contribution in [0.15, 0.2) is 329 Å². The van der Waals surface area contributed by atoms with E-state index in [1.807, 2.05) is 187 Å². The highest BCUT2D eigenvalue weighted by atomic mass is 32.1. The zero-order chi connectivity index (χ0) is 91.3. The molecule has 127 heavy (non-hydrogen) atoms. The van der Waals surface area contributed by atoms with Gasteiger partial charge >= 0.3 is 18.3 Å². The number of aromatic amines is 7. The van der Waals surface area contributed by atoms with Crippen LogP contribution in [-0.2, 0) is 40.5 Å². The molecule has 652 valence electrons. The second-order valence-corrected chi connectivity index (χ2v) is 27.9. The van der Waals surface area contributed by atoms with E-state index in [0.717, 1.165) is 92.0 Å². The van der Waals surface area contributed by atoms with E-state index in [9.17, 15) is 36.2 Å². The zero-order valence-electron chi connectivity index (χ0n) is 70.2. The van der Waals surface area contributed by atoms with E-state index in [2.05, 4.69) is 138 Å². The molecule has 0 amide bonds. The molecule has 0 aliphatic rings. The fourth-order valence-corrected chi connectivity index (χ4v) is 10.5. The number of alkyl halides is 6. The molecular weight excluding hydrogens is 1650 g/mol. The number of aromatic nitrogens is 23. The molecule has 10 N–H and O–H groups in total. The number of thiol groups is 1. The number of halogens is 6. The van der Waals surface area contributed by atoms with E-state index < -0.39 is 40.7 Å². The third-order valence-electron chi connectivity index (χ3n) is 16.8. The number of H-pyrrole nitrogens is 7. The molecule has 0 radical (unpaired) electrons. The highest BCUT2D eigenvalue weighted by molar-refractivity contribution is 7.79. The monoisotopic (exact) mass is 1740 g/mol. The zero-order valence-corrected chi connectivity index (χ0v) is 71.1. The molecule has 0 saturated carbocycles. The van der Waals surface area contributed by atoms with Crippen molar-refractivity contribution >= 4 is 18.6 Å². The Labute approximate surface area is 733 Å². The predicted octanol–water partition coefficient (Wildman–Crippen LogP) is 19.6. The molecule has 0 fully saturated rings. The Kier molecular flexibility index (Phi) is 38.4. The Morgan fingerprint density at radius 3 is 1.17 bits per heavy atom. The van der Waals surface area contributed by atoms with Gasteiger partial charge in [-0.3, -0.25) is 80.0 Å². The van der Waals surface area contributed by atoms with Gasteiger partial charge in [0.25, 0.3) is 0 Å². The quantitative estimate of drug-likeness (QED) is 0.0400. The molecule has 27 nitrogen and oxygen atoms in total. The first kappa shape index (κ1) is 97.0. The van der Waals surface area contributed by atoms with Gasteiger partial charge in [0.15, 0.2) is 5.82 Å². The van der Waals surface area contributed by atoms with E-state index in [0.29, 0.717) is 28.5 Å². The summed E-state index contributed by atoms with van der Waals surface area (Å²) in [6.45, 7) is 14.6. The predicted molar refractivity (Wildman–Crippen MR) is 478 cm³/mol. The SMILES string of the molecule is CC(C)(C(=O)O)c1ccccn1.CC(C)(O)c1ccccn1.Cc1cc(-c2ccccn2)n[nH]1.Cc1cc(C)c(-c2ccccn2)[nH]1.Cc1cccc(-c2cc(C(F)(F)F)[nH]n2)n1.FC(F)(F)c1cc(-c2ccccn2)n[nH]1.OCc1ccccn1.SCc1ccccn1.c1ccc(-c2ccc[nH]2)nc1.c1ccc(-c2ccn[nH]2)nc1.c1ccc(-c2ncc[nH]2)nc1. The third-order valence-corrected chi connectivity index (χ3v) is 17.2. The van der Waals surface area contributed by atoms with Crippen molar-refractivity contribution in [1.82, 2.24) is 116 Å². The number of hydrogen-bond acceptors (Lipinski definition) is 20. The van der Waals surface area contributed by atoms with Gasteiger partial charge in [0, 0.05) is 115 Å². The number of nitrogens with zero attached hydrogens (tertiary/aromatic N) is 16. The van der Waals surface area contributed by atoms with Gasteiger partial charge in [-0.05, 0) is 237 Å². The molecule has 0 atom stereocenters. The number of imidazole rings is 1. The molecule has 0 spiro atoms. The van der Waals surface area contributed by atoms with Crippen LogP contribution in [0, 0.1) is 27.7 Å². The number of carbonyl (C=O) groups is 1. The first-order chi connectivity index (χ1) is 61.1. The number of aliphatic carboxylic acids is 1. The van der Waals surface area contributed by atoms with Crippen LogP contribution in [0.4, 0.5) is 26.3 Å². The lowest BCUT2D eigenvalue weighted by atomic mass is 9.89. The summed E-state index contributed by atoms with van der Waals surface area (Å²) in [5.74, 6) is 0.674. The highest BCUT2D eigenvalue weighted by Gasteiger charge is 2.35. The summed E-state index contributed by atoms with van der Waals surface area (Å²) in [7, 11) is 0. The van der Waals surface area contributed by atoms with E-state index in [1.54, 1.807) is 170 Å². The molecule has 18 aromatic rings. The van der Waals surface area contributed by atoms with E-state index in [-0.39, 0.29) is 18.0 Å². The Morgan fingerprint density at radius 2 is 0.819 bits per heavy atom. The second kappa shape index (κ2) is 50.2. The van der Waals surface area contributed by atoms with Crippen LogP contribution in [0.25, 0.3) is 79.8 Å². The number of carboxylic acid groups (broad SMARTS) is 1. The maximum absolute atomic E-state index is 12.3. The van der Waals surface area contributed by atoms with Crippen molar-refractivity contribution in [3.05, 3.63) is 386 Å². The topological polar surface area (TPSA) is 395 Å². The van der Waals surface area contributed by atoms with Crippen molar-refractivity contribution in [2.75, 3.05) is 0 Å². The first-order valence-corrected chi connectivity index (χ1v) is 39.5. The number of hydrogen-bond donors (Lipinski definition) is 11. The van der Waals surface area contributed by atoms with Crippen LogP contribution in [0.3, 0.4) is 0 Å². The number of aliphatic hydroxyl groups is 2. The number of nitrogens with one attached hydrogen (secondary N) is 7. The van der Waals surface area contributed by atoms with Gasteiger partial charge in [-0.2, -0.15) is 59.4 Å². The van der Waals surface area contributed by atoms with Gasteiger partial charge < -0.3 is 30.3 Å². The number of pyridine rings is 11. The first-order valence-electron chi connectivity index (χ1n) is 38.9. The standard InChI is InChI=1S/C11H12N2.C10H8F3N3.C9H6F3N3.C9H9N3.C9H8N2.C9H11NO2.2C8H7N3.C8H11NO.C6H7NO.C6H7NS/c1-8-7-9(2)13-11(8)10-5-3-4-6-12-10;1-6-3-2-4-7(14-6)8-5-9(16-15-8)10(11,12)13;10-9(11,12)8-5-7(14-15-8)6-3-1-2-4-13-6;1-7-6-9(12-11-7)8-4-2-3-5-10-8;1-2-6-10-8(4-1)9-5-3-7-11-9;1-9(2,8(11)12)7-5-3-4-6-10-7;1-2-5-9-7(3-1)8-4-6-10-11-8;1-2-4-9-7(3-1)8-10-5-6-11-8;1-8(2,10)7-5-3-4-6-9-7;2*8-5-6-3-1-2-4-7-6/h3-7,13H,1-2H3;2-5H,1H3,(H,15,16);1-5H,(H,14,15);2-6H,1H3,(H,11,12);1-7,11H;3-6H,1-2H3,(H,11,12);2*1-6H,(H,10,11);3-6,10H,1-2H3;2*1-4,8H,5H2. The Hall–Kier alpha value is -15.4. The summed E-state index contributed by atoms with van der Waals surface area (Å²) in [6.07, 6.45) is 15.4. The largest absolute Gasteiger partial charge is 0.481 e. The molecule has 0 aliphatic carbocycles. The van der Waals surface area contributed by atoms with Crippen LogP contribution in [0.2, 0.25) is 0 Å². The van der Waals surface area contributed by atoms with Gasteiger partial charge in [-0.1, -0.05) is 66.7 Å². The minimum absolute atomic E-state index is 0.0286. The van der Waals surface area contributed by atoms with Crippen LogP contribution in [0.1, 0.15) is 84.5 Å². The maximum Gasteiger partial charge on any atom is 0.432 e. The van der Waals surface area contributed by atoms with Crippen molar-refractivity contribution in [2.45, 2.75) is 91.1 Å². The number of aliphatic hydroxyl groups excluding tert-OH is 1. The lowest BCUT2D eigenvalue weighted by Crippen LogP contribution is -2.29. The van der Waals surface area contributed by atoms with Crippen molar-refractivity contribution in [1.29, 1.82) is 0 Å². The summed E-state index contributed by atoms with van der Waals surface area (Å²) in [6, 6.07) is 73.0. The number of aryl methyl sites for hydroxylation is 4. The number of rotatable bonds is 12. The van der Waals surface area contributed by atoms with Gasteiger partial charge in [0.2, 0.25) is 0 Å². The molecule has 0 saturated heterocycles. The fraction of sp³-hybridized carbons (Fsp3) is 0.151. The molecular formula is C93H93F6N23O4S. The molecule has 18 rings (SSSR count). The Balaban J connectivity index is 0.000000174. The normalized spacial score (nSPS) is 10.5. The van der Waals surface area contributed by atoms with E-state index in [4.69, 9.17) is 10.2 Å².